The largest absolute Gasteiger partial charge is 0.217 e. The van der Waals surface area contributed by atoms with Gasteiger partial charge in [0.25, 0.3) is 0 Å². The molecule has 0 radical (unpaired) electrons. The summed E-state index contributed by atoms with van der Waals surface area (Å²) < 4.78 is -3.43. The molecular weight excluding hydrogens is 392 g/mol. The number of halogens is 8. The molecular formula is C9H4Cl8. The summed E-state index contributed by atoms with van der Waals surface area (Å²) in [5, 5.41) is 0.280. The van der Waals surface area contributed by atoms with E-state index in [2.05, 4.69) is 0 Å². The zero-order valence-corrected chi connectivity index (χ0v) is 14.1. The highest BCUT2D eigenvalue weighted by atomic mass is 35.6. The Kier molecular flexibility index (Phi) is 5.37. The number of hydrogen-bond acceptors (Lipinski definition) is 0. The third-order valence-corrected chi connectivity index (χ3v) is 4.03. The van der Waals surface area contributed by atoms with E-state index >= 15 is 0 Å². The van der Waals surface area contributed by atoms with Gasteiger partial charge in [0.2, 0.25) is 7.59 Å². The van der Waals surface area contributed by atoms with E-state index in [1.165, 1.54) is 6.07 Å². The third kappa shape index (κ3) is 3.77. The fraction of sp³-hybridized carbons (Fsp3) is 0.333. The van der Waals surface area contributed by atoms with Crippen molar-refractivity contribution < 1.29 is 0 Å². The van der Waals surface area contributed by atoms with Crippen molar-refractivity contribution in [1.82, 2.24) is 0 Å². The van der Waals surface area contributed by atoms with Crippen LogP contribution in [0.3, 0.4) is 0 Å². The van der Waals surface area contributed by atoms with Gasteiger partial charge in [0.15, 0.2) is 0 Å². The van der Waals surface area contributed by atoms with Gasteiger partial charge in [-0.2, -0.15) is 0 Å². The lowest BCUT2D eigenvalue weighted by Crippen LogP contribution is -2.11. The first kappa shape index (κ1) is 16.6. The van der Waals surface area contributed by atoms with Crippen LogP contribution in [0.1, 0.15) is 16.7 Å². The predicted octanol–water partition coefficient (Wildman–Crippen LogP) is 6.96. The normalized spacial score (nSPS) is 13.0. The Hall–Kier alpha value is 1.54. The van der Waals surface area contributed by atoms with Crippen LogP contribution in [0.2, 0.25) is 10.0 Å². The van der Waals surface area contributed by atoms with Crippen LogP contribution < -0.4 is 0 Å². The summed E-state index contributed by atoms with van der Waals surface area (Å²) in [6, 6.07) is 1.44. The number of hydrogen-bond donors (Lipinski definition) is 0. The fourth-order valence-corrected chi connectivity index (χ4v) is 3.33. The second kappa shape index (κ2) is 5.50. The Bertz CT molecular complexity index is 440. The van der Waals surface area contributed by atoms with Crippen molar-refractivity contribution in [2.45, 2.75) is 14.5 Å². The maximum Gasteiger partial charge on any atom is 0.217 e. The fourth-order valence-electron chi connectivity index (χ4n) is 1.35. The molecule has 0 fully saturated rings. The van der Waals surface area contributed by atoms with Crippen molar-refractivity contribution in [1.29, 1.82) is 0 Å². The van der Waals surface area contributed by atoms with Gasteiger partial charge in [-0.3, -0.25) is 0 Å². The third-order valence-electron chi connectivity index (χ3n) is 2.07. The number of benzene rings is 1. The van der Waals surface area contributed by atoms with Gasteiger partial charge in [-0.25, -0.2) is 0 Å². The lowest BCUT2D eigenvalue weighted by atomic mass is 10.0. The molecule has 1 rings (SSSR count). The maximum atomic E-state index is 5.99. The standard InChI is InChI=1S/C9H4Cl8/c1-3-4(8(12,13)14)2-5(10)7(11)6(3)9(15,16)17/h2H,1H3. The summed E-state index contributed by atoms with van der Waals surface area (Å²) in [5.74, 6) is 0. The molecule has 0 heterocycles. The smallest absolute Gasteiger partial charge is 0.0827 e. The van der Waals surface area contributed by atoms with E-state index in [9.17, 15) is 0 Å². The van der Waals surface area contributed by atoms with Gasteiger partial charge in [0.1, 0.15) is 0 Å². The molecule has 8 heteroatoms. The van der Waals surface area contributed by atoms with Crippen LogP contribution >= 0.6 is 92.8 Å². The minimum absolute atomic E-state index is 0.127. The second-order valence-corrected chi connectivity index (χ2v) is 8.56. The van der Waals surface area contributed by atoms with Crippen LogP contribution in [0, 0.1) is 6.92 Å². The molecule has 0 spiro atoms. The molecule has 0 bridgehead atoms. The first-order valence-electron chi connectivity index (χ1n) is 4.09. The molecule has 0 unspecified atom stereocenters. The van der Waals surface area contributed by atoms with Gasteiger partial charge in [0.05, 0.1) is 10.0 Å². The topological polar surface area (TPSA) is 0 Å². The van der Waals surface area contributed by atoms with Crippen molar-refractivity contribution in [3.63, 3.8) is 0 Å². The summed E-state index contributed by atoms with van der Waals surface area (Å²) in [6.07, 6.45) is 0. The zero-order chi connectivity index (χ0) is 13.6. The summed E-state index contributed by atoms with van der Waals surface area (Å²) in [4.78, 5) is 0. The van der Waals surface area contributed by atoms with E-state index in [0.717, 1.165) is 0 Å². The van der Waals surface area contributed by atoms with Crippen molar-refractivity contribution in [2.24, 2.45) is 0 Å². The van der Waals surface area contributed by atoms with E-state index in [4.69, 9.17) is 92.8 Å². The lowest BCUT2D eigenvalue weighted by molar-refractivity contribution is 1.11. The molecule has 0 amide bonds. The molecule has 0 saturated carbocycles. The van der Waals surface area contributed by atoms with E-state index in [-0.39, 0.29) is 15.6 Å². The Morgan fingerprint density at radius 3 is 1.71 bits per heavy atom. The first-order chi connectivity index (χ1) is 7.46. The Labute approximate surface area is 139 Å². The van der Waals surface area contributed by atoms with Crippen LogP contribution in [0.25, 0.3) is 0 Å². The predicted molar refractivity (Wildman–Crippen MR) is 79.7 cm³/mol. The second-order valence-electron chi connectivity index (χ2n) is 3.22. The highest BCUT2D eigenvalue weighted by Gasteiger charge is 2.35. The molecule has 1 aromatic carbocycles. The minimum atomic E-state index is -1.75. The van der Waals surface area contributed by atoms with E-state index < -0.39 is 7.59 Å². The summed E-state index contributed by atoms with van der Waals surface area (Å²) >= 11 is 46.8. The van der Waals surface area contributed by atoms with Gasteiger partial charge in [-0.1, -0.05) is 92.8 Å². The molecule has 0 saturated heterocycles. The molecule has 0 nitrogen and oxygen atoms in total. The molecule has 1 aromatic rings. The van der Waals surface area contributed by atoms with Gasteiger partial charge in [-0.15, -0.1) is 0 Å². The lowest BCUT2D eigenvalue weighted by Gasteiger charge is -2.23. The Balaban J connectivity index is 3.67. The minimum Gasteiger partial charge on any atom is -0.0827 e. The first-order valence-corrected chi connectivity index (χ1v) is 7.11. The van der Waals surface area contributed by atoms with Gasteiger partial charge < -0.3 is 0 Å². The van der Waals surface area contributed by atoms with E-state index in [1.807, 2.05) is 0 Å². The number of alkyl halides is 6. The van der Waals surface area contributed by atoms with E-state index in [0.29, 0.717) is 11.1 Å². The van der Waals surface area contributed by atoms with Crippen LogP contribution in [0.15, 0.2) is 6.07 Å². The average Bonchev–Trinajstić information content (AvgIpc) is 2.07. The quantitative estimate of drug-likeness (QED) is 0.417. The van der Waals surface area contributed by atoms with Crippen molar-refractivity contribution in [2.75, 3.05) is 0 Å². The van der Waals surface area contributed by atoms with Crippen molar-refractivity contribution in [3.05, 3.63) is 32.8 Å². The SMILES string of the molecule is Cc1c(C(Cl)(Cl)Cl)cc(Cl)c(Cl)c1C(Cl)(Cl)Cl. The van der Waals surface area contributed by atoms with Crippen LogP contribution in [0.4, 0.5) is 0 Å². The molecule has 17 heavy (non-hydrogen) atoms. The molecule has 0 aliphatic heterocycles. The zero-order valence-electron chi connectivity index (χ0n) is 8.10. The van der Waals surface area contributed by atoms with Crippen molar-refractivity contribution in [3.8, 4) is 0 Å². The van der Waals surface area contributed by atoms with E-state index in [1.54, 1.807) is 6.92 Å². The van der Waals surface area contributed by atoms with Gasteiger partial charge in [0, 0.05) is 11.1 Å². The average molecular weight is 396 g/mol. The van der Waals surface area contributed by atoms with Gasteiger partial charge >= 0.3 is 0 Å². The van der Waals surface area contributed by atoms with Crippen LogP contribution in [-0.2, 0) is 7.59 Å². The number of rotatable bonds is 0. The molecule has 0 N–H and O–H groups in total. The summed E-state index contributed by atoms with van der Waals surface area (Å²) in [5.41, 5.74) is 0.996. The summed E-state index contributed by atoms with van der Waals surface area (Å²) in [6.45, 7) is 1.64. The molecule has 96 valence electrons. The van der Waals surface area contributed by atoms with Crippen LogP contribution in [-0.4, -0.2) is 0 Å². The molecule has 0 aromatic heterocycles. The van der Waals surface area contributed by atoms with Crippen molar-refractivity contribution >= 4 is 92.8 Å². The molecule has 0 aliphatic carbocycles. The van der Waals surface area contributed by atoms with Crippen LogP contribution in [0.5, 0.6) is 0 Å². The monoisotopic (exact) mass is 392 g/mol. The Morgan fingerprint density at radius 1 is 0.882 bits per heavy atom. The highest BCUT2D eigenvalue weighted by molar-refractivity contribution is 6.68. The van der Waals surface area contributed by atoms with Gasteiger partial charge in [-0.05, 0) is 18.6 Å². The maximum absolute atomic E-state index is 5.99. The summed E-state index contributed by atoms with van der Waals surface area (Å²) in [7, 11) is 0. The molecule has 0 atom stereocenters. The molecule has 0 aliphatic rings. The Morgan fingerprint density at radius 2 is 1.35 bits per heavy atom. The highest BCUT2D eigenvalue weighted by Crippen LogP contribution is 2.50.